The number of carboxylic acids is 1. The second-order valence-corrected chi connectivity index (χ2v) is 9.56. The first-order valence-corrected chi connectivity index (χ1v) is 11.3. The molecular formula is C18H20BrN3O3S2. The number of halogens is 1. The number of urea groups is 1. The molecule has 27 heavy (non-hydrogen) atoms. The van der Waals surface area contributed by atoms with E-state index in [2.05, 4.69) is 26.2 Å². The number of hydrogen-bond donors (Lipinski definition) is 2. The van der Waals surface area contributed by atoms with Crippen LogP contribution in [-0.4, -0.2) is 34.4 Å². The summed E-state index contributed by atoms with van der Waals surface area (Å²) in [5, 5.41) is 12.1. The van der Waals surface area contributed by atoms with Crippen LogP contribution in [0.15, 0.2) is 39.1 Å². The second kappa shape index (κ2) is 9.57. The Labute approximate surface area is 174 Å². The lowest BCUT2D eigenvalue weighted by molar-refractivity contribution is -0.133. The minimum Gasteiger partial charge on any atom is -0.481 e. The minimum absolute atomic E-state index is 0.0255. The Morgan fingerprint density at radius 3 is 2.67 bits per heavy atom. The van der Waals surface area contributed by atoms with E-state index < -0.39 is 5.97 Å². The van der Waals surface area contributed by atoms with E-state index in [0.29, 0.717) is 17.6 Å². The van der Waals surface area contributed by atoms with Gasteiger partial charge in [0, 0.05) is 16.7 Å². The summed E-state index contributed by atoms with van der Waals surface area (Å²) in [7, 11) is 0. The molecule has 1 fully saturated rings. The number of hydrogen-bond acceptors (Lipinski definition) is 5. The number of nitrogens with zero attached hydrogens (tertiary/aromatic N) is 2. The van der Waals surface area contributed by atoms with Crippen LogP contribution in [-0.2, 0) is 4.79 Å². The summed E-state index contributed by atoms with van der Waals surface area (Å²) >= 11 is 5.91. The van der Waals surface area contributed by atoms with Crippen molar-refractivity contribution in [1.29, 1.82) is 0 Å². The van der Waals surface area contributed by atoms with Crippen LogP contribution >= 0.6 is 39.0 Å². The third kappa shape index (κ3) is 5.95. The van der Waals surface area contributed by atoms with Crippen molar-refractivity contribution in [1.82, 2.24) is 4.98 Å². The quantitative estimate of drug-likeness (QED) is 0.536. The van der Waals surface area contributed by atoms with Gasteiger partial charge in [0.25, 0.3) is 0 Å². The van der Waals surface area contributed by atoms with Gasteiger partial charge in [-0.25, -0.2) is 9.78 Å². The first-order chi connectivity index (χ1) is 13.0. The third-order valence-electron chi connectivity index (χ3n) is 4.34. The van der Waals surface area contributed by atoms with E-state index in [1.807, 2.05) is 24.3 Å². The van der Waals surface area contributed by atoms with Gasteiger partial charge in [-0.1, -0.05) is 40.1 Å². The minimum atomic E-state index is -0.878. The second-order valence-electron chi connectivity index (χ2n) is 6.33. The molecule has 0 bridgehead atoms. The fraction of sp³-hybridized carbons (Fsp3) is 0.389. The lowest BCUT2D eigenvalue weighted by Crippen LogP contribution is -2.38. The van der Waals surface area contributed by atoms with Crippen molar-refractivity contribution in [3.05, 3.63) is 34.9 Å². The highest BCUT2D eigenvalue weighted by atomic mass is 79.9. The zero-order valence-corrected chi connectivity index (χ0v) is 17.8. The van der Waals surface area contributed by atoms with Crippen LogP contribution in [0, 0.1) is 5.92 Å². The number of thiazole rings is 1. The number of carboxylic acid groups (broad SMARTS) is 1. The average Bonchev–Trinajstić information content (AvgIpc) is 3.30. The summed E-state index contributed by atoms with van der Waals surface area (Å²) in [6.45, 7) is 0.680. The van der Waals surface area contributed by atoms with E-state index >= 15 is 0 Å². The van der Waals surface area contributed by atoms with Crippen LogP contribution in [0.4, 0.5) is 15.6 Å². The van der Waals surface area contributed by atoms with Gasteiger partial charge in [0.2, 0.25) is 0 Å². The topological polar surface area (TPSA) is 82.5 Å². The fourth-order valence-electron chi connectivity index (χ4n) is 3.05. The van der Waals surface area contributed by atoms with Gasteiger partial charge < -0.3 is 5.11 Å². The molecule has 1 saturated carbocycles. The molecule has 1 aromatic carbocycles. The molecule has 2 amide bonds. The maximum atomic E-state index is 12.9. The Morgan fingerprint density at radius 2 is 2.00 bits per heavy atom. The summed E-state index contributed by atoms with van der Waals surface area (Å²) in [6.07, 6.45) is 6.32. The highest BCUT2D eigenvalue weighted by molar-refractivity contribution is 9.10. The Balaban J connectivity index is 1.70. The molecule has 0 radical (unpaired) electrons. The van der Waals surface area contributed by atoms with Crippen molar-refractivity contribution >= 4 is 61.8 Å². The Bertz CT molecular complexity index is 791. The molecule has 1 aromatic heterocycles. The van der Waals surface area contributed by atoms with Crippen molar-refractivity contribution < 1.29 is 14.7 Å². The lowest BCUT2D eigenvalue weighted by atomic mass is 10.1. The molecule has 6 nitrogen and oxygen atoms in total. The van der Waals surface area contributed by atoms with Gasteiger partial charge in [-0.15, -0.1) is 11.8 Å². The predicted molar refractivity (Wildman–Crippen MR) is 113 cm³/mol. The summed E-state index contributed by atoms with van der Waals surface area (Å²) in [6, 6.07) is 7.49. The maximum Gasteiger partial charge on any atom is 0.328 e. The van der Waals surface area contributed by atoms with Crippen LogP contribution in [0.1, 0.15) is 25.7 Å². The molecule has 0 saturated heterocycles. The van der Waals surface area contributed by atoms with Crippen LogP contribution in [0.2, 0.25) is 0 Å². The van der Waals surface area contributed by atoms with Crippen LogP contribution in [0.25, 0.3) is 0 Å². The number of rotatable bonds is 7. The predicted octanol–water partition coefficient (Wildman–Crippen LogP) is 5.31. The molecule has 2 N–H and O–H groups in total. The Hall–Kier alpha value is -1.58. The number of aliphatic carboxylic acids is 1. The summed E-state index contributed by atoms with van der Waals surface area (Å²) in [5.74, 6) is -0.392. The smallest absolute Gasteiger partial charge is 0.328 e. The SMILES string of the molecule is O=C(O)CSc1cnc(NC(=O)N(CC2CCCC2)c2ccc(Br)cc2)s1. The maximum absolute atomic E-state index is 12.9. The number of nitrogens with one attached hydrogen (secondary N) is 1. The van der Waals surface area contributed by atoms with Gasteiger partial charge in [-0.2, -0.15) is 0 Å². The van der Waals surface area contributed by atoms with Gasteiger partial charge in [0.05, 0.1) is 16.2 Å². The first kappa shape index (κ1) is 20.2. The molecule has 9 heteroatoms. The van der Waals surface area contributed by atoms with Gasteiger partial charge in [0.15, 0.2) is 5.13 Å². The van der Waals surface area contributed by atoms with E-state index in [-0.39, 0.29) is 11.8 Å². The van der Waals surface area contributed by atoms with E-state index in [1.54, 1.807) is 11.1 Å². The number of aromatic nitrogens is 1. The highest BCUT2D eigenvalue weighted by Crippen LogP contribution is 2.30. The molecule has 0 atom stereocenters. The summed E-state index contributed by atoms with van der Waals surface area (Å²) in [5.41, 5.74) is 0.847. The standard InChI is InChI=1S/C18H20BrN3O3S2/c19-13-5-7-14(8-6-13)22(10-12-3-1-2-4-12)18(25)21-17-20-9-16(27-17)26-11-15(23)24/h5-9,12H,1-4,10-11H2,(H,23,24)(H,20,21,25). The molecule has 0 spiro atoms. The number of carbonyl (C=O) groups excluding carboxylic acids is 1. The van der Waals surface area contributed by atoms with E-state index in [9.17, 15) is 9.59 Å². The normalized spacial score (nSPS) is 14.3. The van der Waals surface area contributed by atoms with E-state index in [1.165, 1.54) is 35.9 Å². The van der Waals surface area contributed by atoms with E-state index in [4.69, 9.17) is 5.11 Å². The summed E-state index contributed by atoms with van der Waals surface area (Å²) < 4.78 is 1.73. The van der Waals surface area contributed by atoms with Crippen molar-refractivity contribution in [2.75, 3.05) is 22.5 Å². The molecule has 1 heterocycles. The van der Waals surface area contributed by atoms with Gasteiger partial charge in [0.1, 0.15) is 0 Å². The van der Waals surface area contributed by atoms with Crippen molar-refractivity contribution in [2.24, 2.45) is 5.92 Å². The molecule has 1 aliphatic carbocycles. The number of carbonyl (C=O) groups is 2. The number of amides is 2. The van der Waals surface area contributed by atoms with Crippen LogP contribution in [0.3, 0.4) is 0 Å². The molecular weight excluding hydrogens is 450 g/mol. The molecule has 3 rings (SSSR count). The third-order valence-corrected chi connectivity index (χ3v) is 6.96. The Morgan fingerprint density at radius 1 is 1.30 bits per heavy atom. The van der Waals surface area contributed by atoms with Crippen molar-refractivity contribution in [2.45, 2.75) is 29.9 Å². The molecule has 0 unspecified atom stereocenters. The van der Waals surface area contributed by atoms with Crippen molar-refractivity contribution in [3.8, 4) is 0 Å². The monoisotopic (exact) mass is 469 g/mol. The van der Waals surface area contributed by atoms with Crippen LogP contribution < -0.4 is 10.2 Å². The molecule has 0 aliphatic heterocycles. The first-order valence-electron chi connectivity index (χ1n) is 8.66. The van der Waals surface area contributed by atoms with Crippen LogP contribution in [0.5, 0.6) is 0 Å². The van der Waals surface area contributed by atoms with Gasteiger partial charge in [-0.3, -0.25) is 15.0 Å². The summed E-state index contributed by atoms with van der Waals surface area (Å²) in [4.78, 5) is 29.6. The molecule has 1 aliphatic rings. The zero-order valence-electron chi connectivity index (χ0n) is 14.6. The molecule has 144 valence electrons. The largest absolute Gasteiger partial charge is 0.481 e. The fourth-order valence-corrected chi connectivity index (χ4v) is 4.90. The van der Waals surface area contributed by atoms with E-state index in [0.717, 1.165) is 27.2 Å². The Kier molecular flexibility index (Phi) is 7.14. The highest BCUT2D eigenvalue weighted by Gasteiger charge is 2.24. The molecule has 2 aromatic rings. The zero-order chi connectivity index (χ0) is 19.2. The number of thioether (sulfide) groups is 1. The average molecular weight is 470 g/mol. The number of anilines is 2. The van der Waals surface area contributed by atoms with Gasteiger partial charge in [-0.05, 0) is 43.0 Å². The number of benzene rings is 1. The van der Waals surface area contributed by atoms with Crippen molar-refractivity contribution in [3.63, 3.8) is 0 Å². The van der Waals surface area contributed by atoms with Gasteiger partial charge >= 0.3 is 12.0 Å². The lowest BCUT2D eigenvalue weighted by Gasteiger charge is -2.25.